The molecule has 0 aromatic heterocycles. The van der Waals surface area contributed by atoms with Crippen LogP contribution in [0.25, 0.3) is 0 Å². The second-order valence-electron chi connectivity index (χ2n) is 5.71. The average molecular weight is 231 g/mol. The van der Waals surface area contributed by atoms with Gasteiger partial charge in [-0.05, 0) is 44.1 Å². The van der Waals surface area contributed by atoms with E-state index in [1.807, 2.05) is 0 Å². The average Bonchev–Trinajstić information content (AvgIpc) is 2.09. The summed E-state index contributed by atoms with van der Waals surface area (Å²) >= 11 is 0. The molecular formula is C12H29NOSi. The summed E-state index contributed by atoms with van der Waals surface area (Å²) in [5.74, 6) is 0. The molecule has 0 atom stereocenters. The molecule has 0 spiro atoms. The minimum atomic E-state index is -1.50. The topological polar surface area (TPSA) is 21.3 Å². The maximum Gasteiger partial charge on any atom is 0.191 e. The van der Waals surface area contributed by atoms with Gasteiger partial charge in [-0.25, -0.2) is 0 Å². The Labute approximate surface area is 96.9 Å². The fourth-order valence-electron chi connectivity index (χ4n) is 1.04. The normalized spacial score (nSPS) is 13.2. The molecule has 0 fully saturated rings. The summed E-state index contributed by atoms with van der Waals surface area (Å²) < 4.78 is 6.07. The van der Waals surface area contributed by atoms with E-state index < -0.39 is 8.32 Å². The Hall–Kier alpha value is 0.137. The smallest absolute Gasteiger partial charge is 0.191 e. The van der Waals surface area contributed by atoms with Gasteiger partial charge in [-0.2, -0.15) is 0 Å². The molecule has 0 unspecified atom stereocenters. The molecule has 92 valence electrons. The van der Waals surface area contributed by atoms with Crippen LogP contribution in [0.5, 0.6) is 0 Å². The molecule has 15 heavy (non-hydrogen) atoms. The van der Waals surface area contributed by atoms with Crippen LogP contribution in [0.1, 0.15) is 40.5 Å². The maximum absolute atomic E-state index is 6.07. The quantitative estimate of drug-likeness (QED) is 0.535. The molecule has 2 nitrogen and oxygen atoms in total. The highest BCUT2D eigenvalue weighted by atomic mass is 28.4. The zero-order chi connectivity index (χ0) is 11.9. The lowest BCUT2D eigenvalue weighted by atomic mass is 10.2. The molecular weight excluding hydrogens is 202 g/mol. The van der Waals surface area contributed by atoms with Crippen LogP contribution in [0.15, 0.2) is 0 Å². The second kappa shape index (κ2) is 6.66. The van der Waals surface area contributed by atoms with Crippen LogP contribution in [-0.2, 0) is 4.43 Å². The minimum absolute atomic E-state index is 0.337. The van der Waals surface area contributed by atoms with Gasteiger partial charge in [0.2, 0.25) is 0 Å². The molecule has 0 radical (unpaired) electrons. The summed E-state index contributed by atoms with van der Waals surface area (Å²) in [6.07, 6.45) is 2.34. The Morgan fingerprint density at radius 3 is 2.20 bits per heavy atom. The highest BCUT2D eigenvalue weighted by Crippen LogP contribution is 2.36. The van der Waals surface area contributed by atoms with Crippen molar-refractivity contribution in [1.82, 2.24) is 5.32 Å². The monoisotopic (exact) mass is 231 g/mol. The summed E-state index contributed by atoms with van der Waals surface area (Å²) in [6, 6.07) is 0. The fraction of sp³-hybridized carbons (Fsp3) is 1.00. The van der Waals surface area contributed by atoms with Crippen molar-refractivity contribution < 1.29 is 4.43 Å². The zero-order valence-electron chi connectivity index (χ0n) is 11.4. The van der Waals surface area contributed by atoms with Gasteiger partial charge in [-0.3, -0.25) is 0 Å². The van der Waals surface area contributed by atoms with Crippen molar-refractivity contribution in [3.05, 3.63) is 0 Å². The molecule has 1 N–H and O–H groups in total. The molecule has 0 aliphatic carbocycles. The van der Waals surface area contributed by atoms with E-state index in [1.165, 1.54) is 6.42 Å². The number of rotatable bonds is 7. The van der Waals surface area contributed by atoms with Crippen LogP contribution in [-0.4, -0.2) is 28.0 Å². The lowest BCUT2D eigenvalue weighted by Crippen LogP contribution is -2.41. The van der Waals surface area contributed by atoms with Gasteiger partial charge in [0, 0.05) is 6.61 Å². The Morgan fingerprint density at radius 2 is 1.73 bits per heavy atom. The summed E-state index contributed by atoms with van der Waals surface area (Å²) in [6.45, 7) is 16.8. The first-order chi connectivity index (χ1) is 6.81. The van der Waals surface area contributed by atoms with Crippen molar-refractivity contribution in [2.75, 3.05) is 19.7 Å². The fourth-order valence-corrected chi connectivity index (χ4v) is 2.13. The second-order valence-corrected chi connectivity index (χ2v) is 10.5. The lowest BCUT2D eigenvalue weighted by molar-refractivity contribution is 0.280. The summed E-state index contributed by atoms with van der Waals surface area (Å²) in [5, 5.41) is 3.73. The highest BCUT2D eigenvalue weighted by Gasteiger charge is 2.36. The van der Waals surface area contributed by atoms with Crippen LogP contribution in [0.2, 0.25) is 18.1 Å². The molecule has 3 heteroatoms. The summed E-state index contributed by atoms with van der Waals surface area (Å²) in [7, 11) is -1.50. The standard InChI is InChI=1S/C12H29NOSi/c1-7-9-13-10-8-11-14-15(5,6)12(2,3)4/h13H,7-11H2,1-6H3. The van der Waals surface area contributed by atoms with Crippen LogP contribution >= 0.6 is 0 Å². The van der Waals surface area contributed by atoms with Crippen LogP contribution < -0.4 is 5.32 Å². The zero-order valence-corrected chi connectivity index (χ0v) is 12.4. The van der Waals surface area contributed by atoms with Gasteiger partial charge >= 0.3 is 0 Å². The third-order valence-electron chi connectivity index (χ3n) is 3.19. The molecule has 0 aliphatic heterocycles. The first kappa shape index (κ1) is 15.1. The van der Waals surface area contributed by atoms with Crippen molar-refractivity contribution in [3.63, 3.8) is 0 Å². The summed E-state index contributed by atoms with van der Waals surface area (Å²) in [4.78, 5) is 0. The van der Waals surface area contributed by atoms with E-state index in [2.05, 4.69) is 46.1 Å². The number of nitrogens with one attached hydrogen (secondary N) is 1. The molecule has 0 saturated heterocycles. The van der Waals surface area contributed by atoms with Crippen molar-refractivity contribution in [3.8, 4) is 0 Å². The van der Waals surface area contributed by atoms with Gasteiger partial charge in [0.15, 0.2) is 8.32 Å². The van der Waals surface area contributed by atoms with Crippen molar-refractivity contribution in [2.45, 2.75) is 58.7 Å². The molecule has 0 aliphatic rings. The van der Waals surface area contributed by atoms with Gasteiger partial charge in [-0.1, -0.05) is 27.7 Å². The molecule has 0 heterocycles. The van der Waals surface area contributed by atoms with Gasteiger partial charge in [0.05, 0.1) is 0 Å². The first-order valence-electron chi connectivity index (χ1n) is 6.16. The molecule has 0 saturated carbocycles. The SMILES string of the molecule is CCCNCCCO[Si](C)(C)C(C)(C)C. The minimum Gasteiger partial charge on any atom is -0.417 e. The molecule has 0 aromatic rings. The molecule has 0 aromatic carbocycles. The van der Waals surface area contributed by atoms with Crippen molar-refractivity contribution in [1.29, 1.82) is 0 Å². The van der Waals surface area contributed by atoms with Crippen molar-refractivity contribution >= 4 is 8.32 Å². The largest absolute Gasteiger partial charge is 0.417 e. The van der Waals surface area contributed by atoms with E-state index in [-0.39, 0.29) is 0 Å². The van der Waals surface area contributed by atoms with E-state index in [9.17, 15) is 0 Å². The van der Waals surface area contributed by atoms with E-state index in [1.54, 1.807) is 0 Å². The number of hydrogen-bond acceptors (Lipinski definition) is 2. The lowest BCUT2D eigenvalue weighted by Gasteiger charge is -2.36. The van der Waals surface area contributed by atoms with Gasteiger partial charge in [0.25, 0.3) is 0 Å². The van der Waals surface area contributed by atoms with E-state index in [0.29, 0.717) is 5.04 Å². The van der Waals surface area contributed by atoms with E-state index in [0.717, 1.165) is 26.1 Å². The van der Waals surface area contributed by atoms with Gasteiger partial charge in [0.1, 0.15) is 0 Å². The third-order valence-corrected chi connectivity index (χ3v) is 7.73. The highest BCUT2D eigenvalue weighted by molar-refractivity contribution is 6.74. The first-order valence-corrected chi connectivity index (χ1v) is 9.07. The summed E-state index contributed by atoms with van der Waals surface area (Å²) in [5.41, 5.74) is 0. The van der Waals surface area contributed by atoms with Crippen LogP contribution in [0.4, 0.5) is 0 Å². The molecule has 0 rings (SSSR count). The number of hydrogen-bond donors (Lipinski definition) is 1. The Kier molecular flexibility index (Phi) is 6.72. The third kappa shape index (κ3) is 6.33. The van der Waals surface area contributed by atoms with E-state index >= 15 is 0 Å². The van der Waals surface area contributed by atoms with Crippen LogP contribution in [0, 0.1) is 0 Å². The van der Waals surface area contributed by atoms with Crippen molar-refractivity contribution in [2.24, 2.45) is 0 Å². The maximum atomic E-state index is 6.07. The predicted octanol–water partition coefficient (Wildman–Crippen LogP) is 3.40. The van der Waals surface area contributed by atoms with E-state index in [4.69, 9.17) is 4.43 Å². The predicted molar refractivity (Wildman–Crippen MR) is 70.9 cm³/mol. The van der Waals surface area contributed by atoms with Gasteiger partial charge < -0.3 is 9.74 Å². The molecule has 0 bridgehead atoms. The molecule has 0 amide bonds. The van der Waals surface area contributed by atoms with Gasteiger partial charge in [-0.15, -0.1) is 0 Å². The van der Waals surface area contributed by atoms with Crippen LogP contribution in [0.3, 0.4) is 0 Å². The Bertz CT molecular complexity index is 163. The Morgan fingerprint density at radius 1 is 1.13 bits per heavy atom. The Balaban J connectivity index is 3.58.